The van der Waals surface area contributed by atoms with Gasteiger partial charge in [-0.2, -0.15) is 12.6 Å². The molecule has 2 aliphatic rings. The van der Waals surface area contributed by atoms with Crippen LogP contribution in [0.1, 0.15) is 46.0 Å². The summed E-state index contributed by atoms with van der Waals surface area (Å²) in [6, 6.07) is 0. The molecule has 2 heteroatoms. The van der Waals surface area contributed by atoms with Crippen LogP contribution in [0.3, 0.4) is 0 Å². The average molecular weight is 213 g/mol. The molecule has 82 valence electrons. The van der Waals surface area contributed by atoms with Crippen LogP contribution in [0.25, 0.3) is 0 Å². The van der Waals surface area contributed by atoms with Gasteiger partial charge < -0.3 is 0 Å². The third kappa shape index (κ3) is 1.96. The van der Waals surface area contributed by atoms with E-state index in [0.29, 0.717) is 10.8 Å². The zero-order chi connectivity index (χ0) is 10.2. The fourth-order valence-electron chi connectivity index (χ4n) is 3.35. The summed E-state index contributed by atoms with van der Waals surface area (Å²) in [4.78, 5) is 2.58. The number of hydrogen-bond acceptors (Lipinski definition) is 2. The van der Waals surface area contributed by atoms with E-state index in [0.717, 1.165) is 5.92 Å². The van der Waals surface area contributed by atoms with Gasteiger partial charge >= 0.3 is 0 Å². The molecule has 0 aromatic heterocycles. The van der Waals surface area contributed by atoms with Crippen LogP contribution in [0.4, 0.5) is 0 Å². The lowest BCUT2D eigenvalue weighted by Crippen LogP contribution is -2.31. The van der Waals surface area contributed by atoms with E-state index in [9.17, 15) is 0 Å². The van der Waals surface area contributed by atoms with Crippen molar-refractivity contribution in [3.8, 4) is 0 Å². The Hall–Kier alpha value is 0.310. The second-order valence-corrected chi connectivity index (χ2v) is 6.05. The predicted octanol–water partition coefficient (Wildman–Crippen LogP) is 3.16. The number of rotatable bonds is 2. The number of hydrogen-bond donors (Lipinski definition) is 1. The Labute approximate surface area is 93.7 Å². The van der Waals surface area contributed by atoms with E-state index >= 15 is 0 Å². The largest absolute Gasteiger partial charge is 0.291 e. The monoisotopic (exact) mass is 213 g/mol. The Bertz CT molecular complexity index is 206. The molecule has 0 N–H and O–H groups in total. The molecular weight excluding hydrogens is 190 g/mol. The quantitative estimate of drug-likeness (QED) is 0.690. The molecule has 1 saturated carbocycles. The molecule has 1 heterocycles. The van der Waals surface area contributed by atoms with Crippen LogP contribution >= 0.6 is 12.6 Å². The SMILES string of the molecule is CCC(S)N1CCC2(CCC(C)C2)C1. The molecule has 0 aromatic rings. The molecule has 2 rings (SSSR count). The van der Waals surface area contributed by atoms with Crippen molar-refractivity contribution >= 4 is 12.6 Å². The van der Waals surface area contributed by atoms with Crippen molar-refractivity contribution in [2.24, 2.45) is 11.3 Å². The first-order valence-electron chi connectivity index (χ1n) is 6.07. The van der Waals surface area contributed by atoms with Gasteiger partial charge in [0.1, 0.15) is 0 Å². The minimum atomic E-state index is 0.505. The summed E-state index contributed by atoms with van der Waals surface area (Å²) in [5, 5.41) is 0.505. The molecule has 0 radical (unpaired) electrons. The van der Waals surface area contributed by atoms with Gasteiger partial charge in [-0.05, 0) is 43.6 Å². The highest BCUT2D eigenvalue weighted by molar-refractivity contribution is 7.80. The van der Waals surface area contributed by atoms with E-state index in [1.165, 1.54) is 45.2 Å². The van der Waals surface area contributed by atoms with E-state index in [2.05, 4.69) is 31.4 Å². The highest BCUT2D eigenvalue weighted by atomic mass is 32.1. The maximum absolute atomic E-state index is 4.65. The Morgan fingerprint density at radius 2 is 2.29 bits per heavy atom. The minimum absolute atomic E-state index is 0.505. The smallest absolute Gasteiger partial charge is 0.0525 e. The maximum atomic E-state index is 4.65. The zero-order valence-electron chi connectivity index (χ0n) is 9.50. The Kier molecular flexibility index (Phi) is 3.13. The van der Waals surface area contributed by atoms with Crippen LogP contribution in [0, 0.1) is 11.3 Å². The molecule has 1 spiro atoms. The molecule has 1 saturated heterocycles. The van der Waals surface area contributed by atoms with Gasteiger partial charge in [0.2, 0.25) is 0 Å². The van der Waals surface area contributed by atoms with Gasteiger partial charge in [0.15, 0.2) is 0 Å². The summed E-state index contributed by atoms with van der Waals surface area (Å²) in [7, 11) is 0. The first-order chi connectivity index (χ1) is 6.65. The van der Waals surface area contributed by atoms with E-state index in [1.807, 2.05) is 0 Å². The van der Waals surface area contributed by atoms with Gasteiger partial charge in [-0.25, -0.2) is 0 Å². The van der Waals surface area contributed by atoms with Crippen LogP contribution in [-0.4, -0.2) is 23.4 Å². The highest BCUT2D eigenvalue weighted by Crippen LogP contribution is 2.48. The summed E-state index contributed by atoms with van der Waals surface area (Å²) < 4.78 is 0. The van der Waals surface area contributed by atoms with Crippen LogP contribution in [0.15, 0.2) is 0 Å². The van der Waals surface area contributed by atoms with Gasteiger partial charge in [0.05, 0.1) is 5.37 Å². The molecule has 1 aliphatic carbocycles. The van der Waals surface area contributed by atoms with Crippen LogP contribution in [0.2, 0.25) is 0 Å². The lowest BCUT2D eigenvalue weighted by Gasteiger charge is -2.26. The molecule has 3 unspecified atom stereocenters. The third-order valence-electron chi connectivity index (χ3n) is 4.20. The molecule has 0 aromatic carbocycles. The van der Waals surface area contributed by atoms with Crippen molar-refractivity contribution in [3.05, 3.63) is 0 Å². The minimum Gasteiger partial charge on any atom is -0.291 e. The fourth-order valence-corrected chi connectivity index (χ4v) is 3.55. The van der Waals surface area contributed by atoms with E-state index < -0.39 is 0 Å². The highest BCUT2D eigenvalue weighted by Gasteiger charge is 2.43. The average Bonchev–Trinajstić information content (AvgIpc) is 2.74. The second kappa shape index (κ2) is 4.05. The summed E-state index contributed by atoms with van der Waals surface area (Å²) in [6.07, 6.45) is 6.99. The predicted molar refractivity (Wildman–Crippen MR) is 64.7 cm³/mol. The maximum Gasteiger partial charge on any atom is 0.0525 e. The fraction of sp³-hybridized carbons (Fsp3) is 1.00. The van der Waals surface area contributed by atoms with E-state index in [1.54, 1.807) is 0 Å². The molecule has 14 heavy (non-hydrogen) atoms. The Balaban J connectivity index is 1.94. The van der Waals surface area contributed by atoms with Crippen LogP contribution in [-0.2, 0) is 0 Å². The molecule has 0 bridgehead atoms. The lowest BCUT2D eigenvalue weighted by atomic mass is 9.85. The van der Waals surface area contributed by atoms with Gasteiger partial charge in [-0.3, -0.25) is 4.90 Å². The van der Waals surface area contributed by atoms with E-state index in [4.69, 9.17) is 0 Å². The van der Waals surface area contributed by atoms with Crippen LogP contribution < -0.4 is 0 Å². The molecule has 3 atom stereocenters. The van der Waals surface area contributed by atoms with Crippen molar-refractivity contribution in [2.45, 2.75) is 51.3 Å². The van der Waals surface area contributed by atoms with Crippen molar-refractivity contribution < 1.29 is 0 Å². The molecule has 0 amide bonds. The molecular formula is C12H23NS. The zero-order valence-corrected chi connectivity index (χ0v) is 10.4. The molecule has 2 fully saturated rings. The second-order valence-electron chi connectivity index (χ2n) is 5.46. The Morgan fingerprint density at radius 3 is 2.86 bits per heavy atom. The summed E-state index contributed by atoms with van der Waals surface area (Å²) in [5.74, 6) is 0.968. The molecule has 1 aliphatic heterocycles. The summed E-state index contributed by atoms with van der Waals surface area (Å²) in [6.45, 7) is 7.25. The van der Waals surface area contributed by atoms with Gasteiger partial charge in [-0.15, -0.1) is 0 Å². The van der Waals surface area contributed by atoms with Gasteiger partial charge in [0, 0.05) is 6.54 Å². The van der Waals surface area contributed by atoms with Crippen molar-refractivity contribution in [1.82, 2.24) is 4.90 Å². The van der Waals surface area contributed by atoms with Gasteiger partial charge in [-0.1, -0.05) is 20.3 Å². The number of nitrogens with zero attached hydrogens (tertiary/aromatic N) is 1. The molecule has 1 nitrogen and oxygen atoms in total. The lowest BCUT2D eigenvalue weighted by molar-refractivity contribution is 0.243. The van der Waals surface area contributed by atoms with Crippen molar-refractivity contribution in [2.75, 3.05) is 13.1 Å². The van der Waals surface area contributed by atoms with Crippen LogP contribution in [0.5, 0.6) is 0 Å². The van der Waals surface area contributed by atoms with Gasteiger partial charge in [0.25, 0.3) is 0 Å². The first kappa shape index (κ1) is 10.8. The Morgan fingerprint density at radius 1 is 1.50 bits per heavy atom. The van der Waals surface area contributed by atoms with Crippen molar-refractivity contribution in [3.63, 3.8) is 0 Å². The first-order valence-corrected chi connectivity index (χ1v) is 6.59. The summed E-state index contributed by atoms with van der Waals surface area (Å²) in [5.41, 5.74) is 0.690. The van der Waals surface area contributed by atoms with E-state index in [-0.39, 0.29) is 0 Å². The number of likely N-dealkylation sites (tertiary alicyclic amines) is 1. The summed E-state index contributed by atoms with van der Waals surface area (Å²) >= 11 is 4.65. The standard InChI is InChI=1S/C12H23NS/c1-3-11(14)13-7-6-12(9-13)5-4-10(2)8-12/h10-11,14H,3-9H2,1-2H3. The third-order valence-corrected chi connectivity index (χ3v) is 4.90. The topological polar surface area (TPSA) is 3.24 Å². The van der Waals surface area contributed by atoms with Crippen molar-refractivity contribution in [1.29, 1.82) is 0 Å². The number of thiol groups is 1. The normalized spacial score (nSPS) is 40.9.